The van der Waals surface area contributed by atoms with Crippen molar-refractivity contribution >= 4 is 17.1 Å². The Morgan fingerprint density at radius 2 is 0.932 bits per heavy atom. The van der Waals surface area contributed by atoms with Gasteiger partial charge in [-0.25, -0.2) is 0 Å². The molecule has 0 N–H and O–H groups in total. The smallest absolute Gasteiger partial charge is 0.0465 e. The highest BCUT2D eigenvalue weighted by molar-refractivity contribution is 5.86. The fourth-order valence-electron chi connectivity index (χ4n) is 10.8. The summed E-state index contributed by atoms with van der Waals surface area (Å²) >= 11 is 0. The van der Waals surface area contributed by atoms with Crippen LogP contribution in [0.15, 0.2) is 158 Å². The van der Waals surface area contributed by atoms with Crippen molar-refractivity contribution in [2.45, 2.75) is 102 Å². The lowest BCUT2D eigenvalue weighted by atomic mass is 9.82. The summed E-state index contributed by atoms with van der Waals surface area (Å²) in [7, 11) is 0. The van der Waals surface area contributed by atoms with E-state index < -0.39 is 0 Å². The van der Waals surface area contributed by atoms with Gasteiger partial charge in [-0.2, -0.15) is 0 Å². The Kier molecular flexibility index (Phi) is 10.1. The molecule has 0 radical (unpaired) electrons. The molecule has 2 fully saturated rings. The van der Waals surface area contributed by atoms with Gasteiger partial charge in [-0.15, -0.1) is 0 Å². The van der Waals surface area contributed by atoms with Gasteiger partial charge in [0.2, 0.25) is 0 Å². The molecule has 0 saturated heterocycles. The maximum Gasteiger partial charge on any atom is 0.0465 e. The van der Waals surface area contributed by atoms with E-state index in [0.29, 0.717) is 5.92 Å². The van der Waals surface area contributed by atoms with E-state index in [-0.39, 0.29) is 5.41 Å². The molecule has 7 aromatic rings. The molecule has 3 aliphatic rings. The summed E-state index contributed by atoms with van der Waals surface area (Å²) in [5.74, 6) is 1.42. The van der Waals surface area contributed by atoms with Gasteiger partial charge in [-0.3, -0.25) is 0 Å². The second kappa shape index (κ2) is 15.8. The van der Waals surface area contributed by atoms with Crippen molar-refractivity contribution < 1.29 is 0 Å². The number of hydrogen-bond donors (Lipinski definition) is 0. The van der Waals surface area contributed by atoms with Gasteiger partial charge in [0, 0.05) is 22.5 Å². The Balaban J connectivity index is 0.993. The topological polar surface area (TPSA) is 3.24 Å². The van der Waals surface area contributed by atoms with E-state index in [1.165, 1.54) is 142 Å². The summed E-state index contributed by atoms with van der Waals surface area (Å²) < 4.78 is 0. The molecule has 59 heavy (non-hydrogen) atoms. The minimum Gasteiger partial charge on any atom is -0.310 e. The molecule has 1 nitrogen and oxygen atoms in total. The van der Waals surface area contributed by atoms with Crippen molar-refractivity contribution in [1.82, 2.24) is 0 Å². The Morgan fingerprint density at radius 1 is 0.390 bits per heavy atom. The maximum absolute atomic E-state index is 2.45. The third-order valence-electron chi connectivity index (χ3n) is 14.2. The van der Waals surface area contributed by atoms with E-state index >= 15 is 0 Å². The third-order valence-corrected chi connectivity index (χ3v) is 14.2. The molecule has 3 aliphatic carbocycles. The predicted octanol–water partition coefficient (Wildman–Crippen LogP) is 16.9. The Bertz CT molecular complexity index is 2580. The van der Waals surface area contributed by atoms with E-state index in [1.807, 2.05) is 0 Å². The molecule has 0 spiro atoms. The van der Waals surface area contributed by atoms with Gasteiger partial charge < -0.3 is 4.90 Å². The molecule has 0 bridgehead atoms. The second-order valence-electron chi connectivity index (χ2n) is 18.3. The lowest BCUT2D eigenvalue weighted by Crippen LogP contribution is -2.16. The molecule has 0 amide bonds. The number of hydrogen-bond acceptors (Lipinski definition) is 1. The van der Waals surface area contributed by atoms with Crippen LogP contribution in [-0.4, -0.2) is 0 Å². The molecule has 0 unspecified atom stereocenters. The number of aryl methyl sites for hydroxylation is 1. The van der Waals surface area contributed by atoms with Crippen LogP contribution in [0.3, 0.4) is 0 Å². The minimum absolute atomic E-state index is 0.0800. The Morgan fingerprint density at radius 3 is 1.61 bits per heavy atom. The van der Waals surface area contributed by atoms with E-state index in [9.17, 15) is 0 Å². The quantitative estimate of drug-likeness (QED) is 0.149. The number of benzene rings is 7. The van der Waals surface area contributed by atoms with E-state index in [0.717, 1.165) is 17.3 Å². The average molecular weight is 768 g/mol. The fourth-order valence-corrected chi connectivity index (χ4v) is 10.8. The van der Waals surface area contributed by atoms with Gasteiger partial charge in [0.25, 0.3) is 0 Å². The molecule has 0 heterocycles. The van der Waals surface area contributed by atoms with Crippen molar-refractivity contribution in [3.63, 3.8) is 0 Å². The summed E-state index contributed by atoms with van der Waals surface area (Å²) in [6.07, 6.45) is 13.5. The predicted molar refractivity (Wildman–Crippen MR) is 251 cm³/mol. The zero-order valence-electron chi connectivity index (χ0n) is 35.2. The highest BCUT2D eigenvalue weighted by Gasteiger charge is 2.35. The molecular formula is C58H57N. The second-order valence-corrected chi connectivity index (χ2v) is 18.3. The number of rotatable bonds is 8. The van der Waals surface area contributed by atoms with Gasteiger partial charge >= 0.3 is 0 Å². The monoisotopic (exact) mass is 767 g/mol. The van der Waals surface area contributed by atoms with Crippen LogP contribution in [-0.2, 0) is 5.41 Å². The molecular weight excluding hydrogens is 711 g/mol. The molecule has 1 heteroatoms. The van der Waals surface area contributed by atoms with Crippen molar-refractivity contribution in [2.24, 2.45) is 0 Å². The fraction of sp³-hybridized carbons (Fsp3) is 0.276. The van der Waals surface area contributed by atoms with Gasteiger partial charge in [0.1, 0.15) is 0 Å². The molecule has 7 aromatic carbocycles. The molecule has 0 atom stereocenters. The summed E-state index contributed by atoms with van der Waals surface area (Å²) in [5.41, 5.74) is 20.9. The molecule has 2 saturated carbocycles. The van der Waals surface area contributed by atoms with Gasteiger partial charge in [-0.1, -0.05) is 168 Å². The van der Waals surface area contributed by atoms with Crippen LogP contribution in [0.4, 0.5) is 17.1 Å². The van der Waals surface area contributed by atoms with Crippen LogP contribution in [0.25, 0.3) is 44.5 Å². The van der Waals surface area contributed by atoms with E-state index in [2.05, 4.69) is 183 Å². The minimum atomic E-state index is -0.0800. The summed E-state index contributed by atoms with van der Waals surface area (Å²) in [4.78, 5) is 2.45. The maximum atomic E-state index is 2.45. The zero-order valence-corrected chi connectivity index (χ0v) is 35.2. The van der Waals surface area contributed by atoms with Crippen LogP contribution >= 0.6 is 0 Å². The standard InChI is InChI=1S/C58H57N/c1-40-21-22-49(44-25-23-43(24-26-44)41-13-6-4-7-14-41)38-55(40)46-29-33-51(34-30-46)59(52-35-36-54-53-19-10-11-20-56(53)58(2,3)57(54)39-52)50-31-27-45(28-32-50)48-18-12-17-47(37-48)42-15-8-5-9-16-42/h10-12,17-39,41-42H,4-9,13-16H2,1-3H3. The van der Waals surface area contributed by atoms with E-state index in [4.69, 9.17) is 0 Å². The SMILES string of the molecule is Cc1ccc(-c2ccc(C3CCCCC3)cc2)cc1-c1ccc(N(c2ccc(-c3cccc(C4CCCCC4)c3)cc2)c2ccc3c(c2)C(C)(C)c2ccccc2-3)cc1. The molecule has 0 aromatic heterocycles. The van der Waals surface area contributed by atoms with E-state index in [1.54, 1.807) is 0 Å². The van der Waals surface area contributed by atoms with Crippen molar-refractivity contribution in [2.75, 3.05) is 4.90 Å². The lowest BCUT2D eigenvalue weighted by molar-refractivity contribution is 0.443. The first-order chi connectivity index (χ1) is 28.9. The third kappa shape index (κ3) is 7.24. The molecule has 294 valence electrons. The van der Waals surface area contributed by atoms with Crippen LogP contribution in [0, 0.1) is 6.92 Å². The first-order valence-electron chi connectivity index (χ1n) is 22.5. The number of anilines is 3. The first-order valence-corrected chi connectivity index (χ1v) is 22.5. The zero-order chi connectivity index (χ0) is 39.9. The number of fused-ring (bicyclic) bond motifs is 3. The highest BCUT2D eigenvalue weighted by Crippen LogP contribution is 2.51. The largest absolute Gasteiger partial charge is 0.310 e. The van der Waals surface area contributed by atoms with Gasteiger partial charge in [-0.05, 0) is 159 Å². The normalized spacial score (nSPS) is 16.4. The van der Waals surface area contributed by atoms with Crippen LogP contribution in [0.5, 0.6) is 0 Å². The molecule has 0 aliphatic heterocycles. The summed E-state index contributed by atoms with van der Waals surface area (Å²) in [6.45, 7) is 6.99. The summed E-state index contributed by atoms with van der Waals surface area (Å²) in [5, 5.41) is 0. The summed E-state index contributed by atoms with van der Waals surface area (Å²) in [6, 6.07) is 60.3. The lowest BCUT2D eigenvalue weighted by Gasteiger charge is -2.28. The first kappa shape index (κ1) is 37.6. The highest BCUT2D eigenvalue weighted by atomic mass is 15.1. The Hall–Kier alpha value is -5.66. The van der Waals surface area contributed by atoms with Crippen molar-refractivity contribution in [1.29, 1.82) is 0 Å². The van der Waals surface area contributed by atoms with Crippen LogP contribution in [0.2, 0.25) is 0 Å². The molecule has 10 rings (SSSR count). The van der Waals surface area contributed by atoms with Gasteiger partial charge in [0.15, 0.2) is 0 Å². The van der Waals surface area contributed by atoms with Crippen molar-refractivity contribution in [3.05, 3.63) is 186 Å². The van der Waals surface area contributed by atoms with Crippen LogP contribution in [0.1, 0.15) is 118 Å². The van der Waals surface area contributed by atoms with Gasteiger partial charge in [0.05, 0.1) is 0 Å². The van der Waals surface area contributed by atoms with Crippen LogP contribution < -0.4 is 4.90 Å². The Labute approximate surface area is 352 Å². The average Bonchev–Trinajstić information content (AvgIpc) is 3.53. The number of nitrogens with zero attached hydrogens (tertiary/aromatic N) is 1. The van der Waals surface area contributed by atoms with Crippen molar-refractivity contribution in [3.8, 4) is 44.5 Å².